The molecule has 0 aliphatic carbocycles. The molecule has 0 fully saturated rings. The van der Waals surface area contributed by atoms with Gasteiger partial charge in [0.25, 0.3) is 5.91 Å². The monoisotopic (exact) mass is 289 g/mol. The average Bonchev–Trinajstić information content (AvgIpc) is 2.97. The summed E-state index contributed by atoms with van der Waals surface area (Å²) in [6.45, 7) is 5.70. The molecule has 3 N–H and O–H groups in total. The molecule has 0 spiro atoms. The van der Waals surface area contributed by atoms with E-state index >= 15 is 0 Å². The second kappa shape index (κ2) is 7.28. The highest BCUT2D eigenvalue weighted by Crippen LogP contribution is 2.08. The van der Waals surface area contributed by atoms with Crippen molar-refractivity contribution in [3.05, 3.63) is 35.9 Å². The number of nitrogens with zero attached hydrogens (tertiary/aromatic N) is 2. The third kappa shape index (κ3) is 4.48. The molecule has 0 aliphatic rings. The Labute approximate surface area is 123 Å². The molecule has 0 bridgehead atoms. The summed E-state index contributed by atoms with van der Waals surface area (Å²) in [5.41, 5.74) is 0.878. The summed E-state index contributed by atoms with van der Waals surface area (Å²) in [6, 6.07) is 5.16. The SMILES string of the molecule is CCNc1nc(C)cc(NCCNC(=O)c2ccco2)n1. The number of carbonyl (C=O) groups excluding carboxylic acids is 1. The van der Waals surface area contributed by atoms with Gasteiger partial charge in [-0.1, -0.05) is 0 Å². The van der Waals surface area contributed by atoms with Crippen molar-refractivity contribution in [3.8, 4) is 0 Å². The van der Waals surface area contributed by atoms with Crippen molar-refractivity contribution < 1.29 is 9.21 Å². The predicted octanol–water partition coefficient (Wildman–Crippen LogP) is 1.65. The number of anilines is 2. The van der Waals surface area contributed by atoms with Crippen LogP contribution in [0.25, 0.3) is 0 Å². The number of hydrogen-bond acceptors (Lipinski definition) is 6. The van der Waals surface area contributed by atoms with Crippen LogP contribution in [0, 0.1) is 6.92 Å². The van der Waals surface area contributed by atoms with Crippen LogP contribution in [-0.4, -0.2) is 35.5 Å². The number of furan rings is 1. The molecule has 0 aromatic carbocycles. The number of rotatable bonds is 7. The van der Waals surface area contributed by atoms with E-state index in [1.54, 1.807) is 12.1 Å². The van der Waals surface area contributed by atoms with E-state index in [9.17, 15) is 4.79 Å². The van der Waals surface area contributed by atoms with Gasteiger partial charge < -0.3 is 20.4 Å². The van der Waals surface area contributed by atoms with Crippen LogP contribution in [0.15, 0.2) is 28.9 Å². The predicted molar refractivity (Wildman–Crippen MR) is 80.5 cm³/mol. The quantitative estimate of drug-likeness (QED) is 0.671. The molecule has 0 saturated heterocycles. The minimum absolute atomic E-state index is 0.228. The minimum Gasteiger partial charge on any atom is -0.459 e. The molecule has 7 heteroatoms. The van der Waals surface area contributed by atoms with E-state index in [1.807, 2.05) is 19.9 Å². The Hall–Kier alpha value is -2.57. The highest BCUT2D eigenvalue weighted by Gasteiger charge is 2.07. The molecule has 0 radical (unpaired) electrons. The van der Waals surface area contributed by atoms with E-state index in [-0.39, 0.29) is 5.91 Å². The lowest BCUT2D eigenvalue weighted by Crippen LogP contribution is -2.28. The lowest BCUT2D eigenvalue weighted by molar-refractivity contribution is 0.0927. The summed E-state index contributed by atoms with van der Waals surface area (Å²) in [7, 11) is 0. The molecule has 0 atom stereocenters. The van der Waals surface area contributed by atoms with E-state index in [0.29, 0.717) is 24.8 Å². The van der Waals surface area contributed by atoms with Gasteiger partial charge in [-0.2, -0.15) is 4.98 Å². The standard InChI is InChI=1S/C14H19N5O2/c1-3-15-14-18-10(2)9-12(19-14)16-6-7-17-13(20)11-5-4-8-21-11/h4-5,8-9H,3,6-7H2,1-2H3,(H,17,20)(H2,15,16,18,19). The van der Waals surface area contributed by atoms with Gasteiger partial charge in [-0.3, -0.25) is 4.79 Å². The fraction of sp³-hybridized carbons (Fsp3) is 0.357. The molecule has 2 rings (SSSR count). The largest absolute Gasteiger partial charge is 0.459 e. The number of hydrogen-bond donors (Lipinski definition) is 3. The molecule has 21 heavy (non-hydrogen) atoms. The van der Waals surface area contributed by atoms with E-state index in [2.05, 4.69) is 25.9 Å². The maximum absolute atomic E-state index is 11.6. The van der Waals surface area contributed by atoms with Crippen molar-refractivity contribution in [2.45, 2.75) is 13.8 Å². The Morgan fingerprint density at radius 3 is 2.86 bits per heavy atom. The Morgan fingerprint density at radius 1 is 1.29 bits per heavy atom. The average molecular weight is 289 g/mol. The van der Waals surface area contributed by atoms with Gasteiger partial charge in [0.1, 0.15) is 5.82 Å². The summed E-state index contributed by atoms with van der Waals surface area (Å²) in [4.78, 5) is 20.2. The Kier molecular flexibility index (Phi) is 5.14. The van der Waals surface area contributed by atoms with Gasteiger partial charge in [0.2, 0.25) is 5.95 Å². The summed E-state index contributed by atoms with van der Waals surface area (Å²) >= 11 is 0. The molecule has 7 nitrogen and oxygen atoms in total. The smallest absolute Gasteiger partial charge is 0.287 e. The van der Waals surface area contributed by atoms with Crippen LogP contribution >= 0.6 is 0 Å². The molecule has 1 amide bonds. The van der Waals surface area contributed by atoms with Crippen LogP contribution in [0.2, 0.25) is 0 Å². The van der Waals surface area contributed by atoms with Crippen LogP contribution in [0.1, 0.15) is 23.2 Å². The first-order valence-corrected chi connectivity index (χ1v) is 6.84. The van der Waals surface area contributed by atoms with Gasteiger partial charge in [-0.25, -0.2) is 4.98 Å². The third-order valence-corrected chi connectivity index (χ3v) is 2.65. The highest BCUT2D eigenvalue weighted by molar-refractivity contribution is 5.91. The van der Waals surface area contributed by atoms with Gasteiger partial charge in [-0.05, 0) is 26.0 Å². The first-order valence-electron chi connectivity index (χ1n) is 6.84. The van der Waals surface area contributed by atoms with Gasteiger partial charge in [0, 0.05) is 31.4 Å². The summed E-state index contributed by atoms with van der Waals surface area (Å²) < 4.78 is 5.01. The van der Waals surface area contributed by atoms with Crippen molar-refractivity contribution in [1.82, 2.24) is 15.3 Å². The van der Waals surface area contributed by atoms with Crippen LogP contribution in [-0.2, 0) is 0 Å². The zero-order chi connectivity index (χ0) is 15.1. The second-order valence-electron chi connectivity index (χ2n) is 4.41. The lowest BCUT2D eigenvalue weighted by atomic mass is 10.4. The second-order valence-corrected chi connectivity index (χ2v) is 4.41. The molecule has 0 saturated carbocycles. The Bertz CT molecular complexity index is 583. The van der Waals surface area contributed by atoms with Crippen molar-refractivity contribution >= 4 is 17.7 Å². The van der Waals surface area contributed by atoms with E-state index in [0.717, 1.165) is 18.1 Å². The normalized spacial score (nSPS) is 10.2. The van der Waals surface area contributed by atoms with Gasteiger partial charge >= 0.3 is 0 Å². The van der Waals surface area contributed by atoms with Gasteiger partial charge in [0.15, 0.2) is 5.76 Å². The maximum atomic E-state index is 11.6. The summed E-state index contributed by atoms with van der Waals surface area (Å²) in [6.07, 6.45) is 1.47. The number of aromatic nitrogens is 2. The molecular formula is C14H19N5O2. The molecule has 2 aromatic heterocycles. The minimum atomic E-state index is -0.228. The van der Waals surface area contributed by atoms with Gasteiger partial charge in [-0.15, -0.1) is 0 Å². The summed E-state index contributed by atoms with van der Waals surface area (Å²) in [5, 5.41) is 8.98. The number of amides is 1. The maximum Gasteiger partial charge on any atom is 0.287 e. The molecule has 112 valence electrons. The van der Waals surface area contributed by atoms with Crippen LogP contribution in [0.5, 0.6) is 0 Å². The van der Waals surface area contributed by atoms with Crippen molar-refractivity contribution in [1.29, 1.82) is 0 Å². The molecular weight excluding hydrogens is 270 g/mol. The Balaban J connectivity index is 1.79. The van der Waals surface area contributed by atoms with Crippen LogP contribution < -0.4 is 16.0 Å². The fourth-order valence-electron chi connectivity index (χ4n) is 1.76. The molecule has 0 unspecified atom stereocenters. The number of nitrogens with one attached hydrogen (secondary N) is 3. The van der Waals surface area contributed by atoms with Crippen LogP contribution in [0.3, 0.4) is 0 Å². The number of aryl methyl sites for hydroxylation is 1. The molecule has 2 aromatic rings. The highest BCUT2D eigenvalue weighted by atomic mass is 16.3. The Morgan fingerprint density at radius 2 is 2.14 bits per heavy atom. The van der Waals surface area contributed by atoms with E-state index in [1.165, 1.54) is 6.26 Å². The number of carbonyl (C=O) groups is 1. The lowest BCUT2D eigenvalue weighted by Gasteiger charge is -2.09. The fourth-order valence-corrected chi connectivity index (χ4v) is 1.76. The molecule has 0 aliphatic heterocycles. The first kappa shape index (κ1) is 14.8. The molecule has 2 heterocycles. The van der Waals surface area contributed by atoms with Crippen molar-refractivity contribution in [3.63, 3.8) is 0 Å². The van der Waals surface area contributed by atoms with E-state index < -0.39 is 0 Å². The third-order valence-electron chi connectivity index (χ3n) is 2.65. The van der Waals surface area contributed by atoms with E-state index in [4.69, 9.17) is 4.42 Å². The van der Waals surface area contributed by atoms with Crippen molar-refractivity contribution in [2.75, 3.05) is 30.3 Å². The van der Waals surface area contributed by atoms with Crippen LogP contribution in [0.4, 0.5) is 11.8 Å². The topological polar surface area (TPSA) is 92.1 Å². The van der Waals surface area contributed by atoms with Gasteiger partial charge in [0.05, 0.1) is 6.26 Å². The first-order chi connectivity index (χ1) is 10.2. The zero-order valence-corrected chi connectivity index (χ0v) is 12.1. The summed E-state index contributed by atoms with van der Waals surface area (Å²) in [5.74, 6) is 1.40. The van der Waals surface area contributed by atoms with Crippen molar-refractivity contribution in [2.24, 2.45) is 0 Å². The zero-order valence-electron chi connectivity index (χ0n) is 12.1.